The molecule has 3 heterocycles. The molecule has 0 aliphatic heterocycles. The number of furan rings is 1. The summed E-state index contributed by atoms with van der Waals surface area (Å²) in [6.45, 7) is 1.98. The number of fused-ring (bicyclic) bond motifs is 3. The molecule has 130 valence electrons. The lowest BCUT2D eigenvalue weighted by molar-refractivity contribution is 0.546. The minimum Gasteiger partial charge on any atom is -0.438 e. The highest BCUT2D eigenvalue weighted by molar-refractivity contribution is 6.04. The summed E-state index contributed by atoms with van der Waals surface area (Å²) in [6, 6.07) is 14.9. The number of aryl methyl sites for hydroxylation is 1. The van der Waals surface area contributed by atoms with Crippen molar-refractivity contribution in [3.05, 3.63) is 59.9 Å². The minimum absolute atomic E-state index is 0.708. The fraction of sp³-hybridized carbons (Fsp3) is 0.304. The Balaban J connectivity index is 1.53. The maximum absolute atomic E-state index is 5.99. The van der Waals surface area contributed by atoms with Crippen molar-refractivity contribution in [1.29, 1.82) is 0 Å². The van der Waals surface area contributed by atoms with Crippen molar-refractivity contribution >= 4 is 22.1 Å². The molecule has 3 heteroatoms. The predicted molar refractivity (Wildman–Crippen MR) is 105 cm³/mol. The van der Waals surface area contributed by atoms with Crippen molar-refractivity contribution in [1.82, 2.24) is 9.97 Å². The van der Waals surface area contributed by atoms with Gasteiger partial charge in [-0.3, -0.25) is 4.98 Å². The summed E-state index contributed by atoms with van der Waals surface area (Å²) in [4.78, 5) is 9.11. The topological polar surface area (TPSA) is 38.9 Å². The lowest BCUT2D eigenvalue weighted by Crippen LogP contribution is -1.99. The number of hydrogen-bond acceptors (Lipinski definition) is 3. The fourth-order valence-electron chi connectivity index (χ4n) is 4.22. The summed E-state index contributed by atoms with van der Waals surface area (Å²) in [5.74, 6) is 0.845. The molecule has 1 aromatic carbocycles. The van der Waals surface area contributed by atoms with Crippen LogP contribution in [0.1, 0.15) is 36.9 Å². The second-order valence-electron chi connectivity index (χ2n) is 7.52. The summed E-state index contributed by atoms with van der Waals surface area (Å²) >= 11 is 0. The molecule has 0 N–H and O–H groups in total. The molecule has 0 radical (unpaired) electrons. The molecule has 0 amide bonds. The molecule has 0 bridgehead atoms. The quantitative estimate of drug-likeness (QED) is 0.452. The third-order valence-corrected chi connectivity index (χ3v) is 5.60. The van der Waals surface area contributed by atoms with E-state index < -0.39 is 0 Å². The molecule has 26 heavy (non-hydrogen) atoms. The molecule has 1 fully saturated rings. The van der Waals surface area contributed by atoms with Gasteiger partial charge in [0.15, 0.2) is 0 Å². The van der Waals surface area contributed by atoms with Gasteiger partial charge in [0.25, 0.3) is 0 Å². The highest BCUT2D eigenvalue weighted by atomic mass is 16.3. The van der Waals surface area contributed by atoms with Crippen molar-refractivity contribution in [3.63, 3.8) is 0 Å². The number of hydrogen-bond donors (Lipinski definition) is 0. The van der Waals surface area contributed by atoms with Gasteiger partial charge in [-0.05, 0) is 61.2 Å². The standard InChI is InChI=1S/C23H22N2O/c1-15-6-8-20-19-9-7-18(14-22(19)26-23(20)25-15)21-13-17(10-11-24-21)12-16-4-2-3-5-16/h6-11,13-14,16H,2-5,12H2,1H3. The maximum Gasteiger partial charge on any atom is 0.227 e. The summed E-state index contributed by atoms with van der Waals surface area (Å²) in [5, 5.41) is 2.18. The van der Waals surface area contributed by atoms with Gasteiger partial charge >= 0.3 is 0 Å². The van der Waals surface area contributed by atoms with E-state index in [4.69, 9.17) is 4.42 Å². The van der Waals surface area contributed by atoms with E-state index in [9.17, 15) is 0 Å². The van der Waals surface area contributed by atoms with Gasteiger partial charge in [0.1, 0.15) is 5.58 Å². The SMILES string of the molecule is Cc1ccc2c(n1)oc1cc(-c3cc(CC4CCCC4)ccn3)ccc12. The molecule has 3 nitrogen and oxygen atoms in total. The van der Waals surface area contributed by atoms with Gasteiger partial charge in [0.05, 0.1) is 5.69 Å². The third-order valence-electron chi connectivity index (χ3n) is 5.60. The highest BCUT2D eigenvalue weighted by Crippen LogP contribution is 2.32. The van der Waals surface area contributed by atoms with Crippen LogP contribution >= 0.6 is 0 Å². The van der Waals surface area contributed by atoms with Gasteiger partial charge in [0.2, 0.25) is 5.71 Å². The van der Waals surface area contributed by atoms with Crippen LogP contribution in [-0.4, -0.2) is 9.97 Å². The first-order chi connectivity index (χ1) is 12.8. The van der Waals surface area contributed by atoms with Gasteiger partial charge < -0.3 is 4.42 Å². The number of nitrogens with zero attached hydrogens (tertiary/aromatic N) is 2. The number of benzene rings is 1. The van der Waals surface area contributed by atoms with Crippen molar-refractivity contribution in [2.24, 2.45) is 5.92 Å². The number of aromatic nitrogens is 2. The van der Waals surface area contributed by atoms with E-state index in [-0.39, 0.29) is 0 Å². The average molecular weight is 342 g/mol. The van der Waals surface area contributed by atoms with E-state index in [0.29, 0.717) is 5.71 Å². The van der Waals surface area contributed by atoms with E-state index >= 15 is 0 Å². The largest absolute Gasteiger partial charge is 0.438 e. The molecule has 3 aromatic heterocycles. The Morgan fingerprint density at radius 2 is 1.85 bits per heavy atom. The van der Waals surface area contributed by atoms with Gasteiger partial charge in [0, 0.05) is 28.2 Å². The van der Waals surface area contributed by atoms with E-state index in [0.717, 1.165) is 39.2 Å². The van der Waals surface area contributed by atoms with Gasteiger partial charge in [-0.2, -0.15) is 0 Å². The second-order valence-corrected chi connectivity index (χ2v) is 7.52. The van der Waals surface area contributed by atoms with E-state index in [2.05, 4.69) is 46.4 Å². The molecular weight excluding hydrogens is 320 g/mol. The lowest BCUT2D eigenvalue weighted by atomic mass is 9.97. The van der Waals surface area contributed by atoms with Gasteiger partial charge in [-0.25, -0.2) is 4.98 Å². The predicted octanol–water partition coefficient (Wildman–Crippen LogP) is 6.08. The summed E-state index contributed by atoms with van der Waals surface area (Å²) in [6.07, 6.45) is 8.63. The molecule has 5 rings (SSSR count). The van der Waals surface area contributed by atoms with E-state index in [1.54, 1.807) is 0 Å². The Bertz CT molecular complexity index is 1090. The molecule has 1 aliphatic rings. The Labute approximate surface area is 153 Å². The Kier molecular flexibility index (Phi) is 3.74. The van der Waals surface area contributed by atoms with Crippen LogP contribution in [0.4, 0.5) is 0 Å². The maximum atomic E-state index is 5.99. The van der Waals surface area contributed by atoms with E-state index in [1.807, 2.05) is 19.2 Å². The van der Waals surface area contributed by atoms with Crippen LogP contribution in [0.25, 0.3) is 33.3 Å². The third kappa shape index (κ3) is 2.78. The Morgan fingerprint density at radius 1 is 1.00 bits per heavy atom. The first kappa shape index (κ1) is 15.6. The fourth-order valence-corrected chi connectivity index (χ4v) is 4.22. The van der Waals surface area contributed by atoms with Crippen LogP contribution < -0.4 is 0 Å². The minimum atomic E-state index is 0.708. The van der Waals surface area contributed by atoms with E-state index in [1.165, 1.54) is 37.7 Å². The summed E-state index contributed by atoms with van der Waals surface area (Å²) in [7, 11) is 0. The van der Waals surface area contributed by atoms with Crippen LogP contribution in [0.3, 0.4) is 0 Å². The van der Waals surface area contributed by atoms with Crippen molar-refractivity contribution in [2.45, 2.75) is 39.0 Å². The Morgan fingerprint density at radius 3 is 2.73 bits per heavy atom. The summed E-state index contributed by atoms with van der Waals surface area (Å²) in [5.41, 5.74) is 6.06. The number of pyridine rings is 2. The molecule has 0 saturated heterocycles. The van der Waals surface area contributed by atoms with Gasteiger partial charge in [-0.1, -0.05) is 31.7 Å². The average Bonchev–Trinajstić information content (AvgIpc) is 3.28. The normalized spacial score (nSPS) is 15.3. The van der Waals surface area contributed by atoms with Crippen molar-refractivity contribution in [2.75, 3.05) is 0 Å². The van der Waals surface area contributed by atoms with Crippen LogP contribution in [0.2, 0.25) is 0 Å². The first-order valence-corrected chi connectivity index (χ1v) is 9.51. The monoisotopic (exact) mass is 342 g/mol. The van der Waals surface area contributed by atoms with Crippen molar-refractivity contribution in [3.8, 4) is 11.3 Å². The van der Waals surface area contributed by atoms with Crippen molar-refractivity contribution < 1.29 is 4.42 Å². The molecule has 4 aromatic rings. The molecular formula is C23H22N2O. The van der Waals surface area contributed by atoms with Crippen LogP contribution in [0.15, 0.2) is 53.1 Å². The molecule has 0 unspecified atom stereocenters. The smallest absolute Gasteiger partial charge is 0.227 e. The highest BCUT2D eigenvalue weighted by Gasteiger charge is 2.16. The van der Waals surface area contributed by atoms with Gasteiger partial charge in [-0.15, -0.1) is 0 Å². The molecule has 0 atom stereocenters. The molecule has 0 spiro atoms. The molecule has 1 aliphatic carbocycles. The summed E-state index contributed by atoms with van der Waals surface area (Å²) < 4.78 is 5.99. The van der Waals surface area contributed by atoms with Crippen LogP contribution in [0.5, 0.6) is 0 Å². The zero-order chi connectivity index (χ0) is 17.5. The Hall–Kier alpha value is -2.68. The lowest BCUT2D eigenvalue weighted by Gasteiger charge is -2.10. The van der Waals surface area contributed by atoms with Crippen LogP contribution in [-0.2, 0) is 6.42 Å². The zero-order valence-electron chi connectivity index (χ0n) is 15.0. The van der Waals surface area contributed by atoms with Crippen LogP contribution in [0, 0.1) is 12.8 Å². The zero-order valence-corrected chi connectivity index (χ0v) is 15.0. The number of rotatable bonds is 3. The second kappa shape index (κ2) is 6.24. The molecule has 1 saturated carbocycles. The first-order valence-electron chi connectivity index (χ1n) is 9.51.